The maximum Gasteiger partial charge on any atom is 0.422 e. The van der Waals surface area contributed by atoms with Gasteiger partial charge in [0.25, 0.3) is 11.8 Å². The number of hydrogen-bond donors (Lipinski definition) is 3. The zero-order chi connectivity index (χ0) is 36.7. The molecule has 1 unspecified atom stereocenters. The van der Waals surface area contributed by atoms with Crippen molar-refractivity contribution in [3.8, 4) is 0 Å². The Morgan fingerprint density at radius 2 is 1.24 bits per heavy atom. The zero-order valence-electron chi connectivity index (χ0n) is 25.9. The lowest BCUT2D eigenvalue weighted by Crippen LogP contribution is -2.30. The lowest BCUT2D eigenvalue weighted by atomic mass is 10.1. The molecule has 260 valence electrons. The minimum atomic E-state index is -5.76. The van der Waals surface area contributed by atoms with Gasteiger partial charge in [-0.1, -0.05) is 84.9 Å². The first-order chi connectivity index (χ1) is 24.3. The van der Waals surface area contributed by atoms with Crippen LogP contribution in [-0.4, -0.2) is 17.7 Å². The third-order valence-corrected chi connectivity index (χ3v) is 8.37. The van der Waals surface area contributed by atoms with Crippen LogP contribution in [0.5, 0.6) is 0 Å². The van der Waals surface area contributed by atoms with E-state index in [2.05, 4.69) is 10.6 Å². The number of nitrogens with one attached hydrogen (secondary N) is 3. The van der Waals surface area contributed by atoms with Crippen molar-refractivity contribution in [2.45, 2.75) is 16.3 Å². The van der Waals surface area contributed by atoms with E-state index < -0.39 is 63.7 Å². The van der Waals surface area contributed by atoms with Crippen LogP contribution in [0.1, 0.15) is 32.3 Å². The van der Waals surface area contributed by atoms with Crippen molar-refractivity contribution >= 4 is 46.9 Å². The van der Waals surface area contributed by atoms with Gasteiger partial charge in [0, 0.05) is 16.1 Å². The van der Waals surface area contributed by atoms with Crippen molar-refractivity contribution in [3.63, 3.8) is 0 Å². The maximum atomic E-state index is 14.7. The Bertz CT molecular complexity index is 2070. The van der Waals surface area contributed by atoms with Gasteiger partial charge in [0.1, 0.15) is 22.2 Å². The highest BCUT2D eigenvalue weighted by Crippen LogP contribution is 2.41. The molecule has 0 aliphatic rings. The molecule has 0 bridgehead atoms. The third-order valence-electron chi connectivity index (χ3n) is 7.12. The van der Waals surface area contributed by atoms with E-state index in [0.29, 0.717) is 16.0 Å². The van der Waals surface area contributed by atoms with Gasteiger partial charge in [0.2, 0.25) is 5.91 Å². The number of halogens is 7. The average molecular weight is 724 g/mol. The largest absolute Gasteiger partial charge is 0.422 e. The predicted octanol–water partition coefficient (Wildman–Crippen LogP) is 9.14. The van der Waals surface area contributed by atoms with Crippen LogP contribution in [0, 0.1) is 23.3 Å². The number of rotatable bonds is 10. The molecule has 0 heterocycles. The molecule has 0 spiro atoms. The molecule has 1 atom stereocenters. The van der Waals surface area contributed by atoms with Crippen LogP contribution in [0.4, 0.5) is 42.1 Å². The third kappa shape index (κ3) is 8.83. The van der Waals surface area contributed by atoms with Gasteiger partial charge in [-0.2, -0.15) is 13.2 Å². The van der Waals surface area contributed by atoms with E-state index in [9.17, 15) is 45.1 Å². The molecule has 5 rings (SSSR count). The summed E-state index contributed by atoms with van der Waals surface area (Å²) in [6, 6.07) is 30.5. The fraction of sp³-hybridized carbons (Fsp3) is 0.0541. The number of benzene rings is 5. The summed E-state index contributed by atoms with van der Waals surface area (Å²) in [6.45, 7) is 0. The molecule has 3 amide bonds. The molecule has 0 radical (unpaired) electrons. The molecule has 0 saturated carbocycles. The molecule has 5 aromatic carbocycles. The normalized spacial score (nSPS) is 12.2. The Morgan fingerprint density at radius 3 is 1.82 bits per heavy atom. The first-order valence-corrected chi connectivity index (χ1v) is 15.7. The standard InChI is InChI=1S/C37H24F7N3O3S/c38-28-27(37(42,43)44)29(39)31(41)32(30(28)40)47-36(50)33(22-13-6-2-7-14-22)51-25-18-10-17-24(20-25)45-35(49)26(19-21-11-4-1-5-12-21)46-34(48)23-15-8-3-9-16-23/h1-20,33H,(H,45,49)(H,46,48)(H,47,50)/b26-19-. The van der Waals surface area contributed by atoms with Crippen LogP contribution in [-0.2, 0) is 15.8 Å². The monoisotopic (exact) mass is 723 g/mol. The van der Waals surface area contributed by atoms with E-state index in [-0.39, 0.29) is 16.9 Å². The molecular weight excluding hydrogens is 699 g/mol. The van der Waals surface area contributed by atoms with Gasteiger partial charge in [-0.3, -0.25) is 14.4 Å². The van der Waals surface area contributed by atoms with E-state index in [4.69, 9.17) is 0 Å². The van der Waals surface area contributed by atoms with Crippen LogP contribution in [0.25, 0.3) is 6.08 Å². The average Bonchev–Trinajstić information content (AvgIpc) is 3.12. The van der Waals surface area contributed by atoms with Gasteiger partial charge in [0.05, 0.1) is 0 Å². The zero-order valence-corrected chi connectivity index (χ0v) is 26.7. The van der Waals surface area contributed by atoms with Crippen LogP contribution in [0.15, 0.2) is 126 Å². The summed E-state index contributed by atoms with van der Waals surface area (Å²) in [5, 5.41) is 5.62. The van der Waals surface area contributed by atoms with Gasteiger partial charge in [-0.25, -0.2) is 17.6 Å². The number of carbonyl (C=O) groups excluding carboxylic acids is 3. The Balaban J connectivity index is 1.41. The summed E-state index contributed by atoms with van der Waals surface area (Å²) in [4.78, 5) is 40.2. The highest BCUT2D eigenvalue weighted by atomic mass is 32.2. The van der Waals surface area contributed by atoms with E-state index in [1.807, 2.05) is 0 Å². The van der Waals surface area contributed by atoms with Crippen LogP contribution in [0.2, 0.25) is 0 Å². The summed E-state index contributed by atoms with van der Waals surface area (Å²) in [5.41, 5.74) is -3.25. The maximum absolute atomic E-state index is 14.7. The second-order valence-electron chi connectivity index (χ2n) is 10.7. The van der Waals surface area contributed by atoms with Crippen LogP contribution >= 0.6 is 11.8 Å². The van der Waals surface area contributed by atoms with Gasteiger partial charge in [0.15, 0.2) is 23.3 Å². The number of carbonyl (C=O) groups is 3. The highest BCUT2D eigenvalue weighted by molar-refractivity contribution is 8.00. The number of thioether (sulfide) groups is 1. The molecule has 6 nitrogen and oxygen atoms in total. The minimum absolute atomic E-state index is 0.102. The number of amides is 3. The second-order valence-corrected chi connectivity index (χ2v) is 11.9. The van der Waals surface area contributed by atoms with E-state index in [0.717, 1.165) is 11.8 Å². The summed E-state index contributed by atoms with van der Waals surface area (Å²) < 4.78 is 97.2. The molecular formula is C37H24F7N3O3S. The van der Waals surface area contributed by atoms with E-state index in [1.54, 1.807) is 72.0 Å². The summed E-state index contributed by atoms with van der Waals surface area (Å²) in [7, 11) is 0. The van der Waals surface area contributed by atoms with Gasteiger partial charge in [-0.15, -0.1) is 11.8 Å². The van der Waals surface area contributed by atoms with Crippen LogP contribution in [0.3, 0.4) is 0 Å². The molecule has 14 heteroatoms. The lowest BCUT2D eigenvalue weighted by Gasteiger charge is -2.19. The Kier molecular flexibility index (Phi) is 11.2. The molecule has 3 N–H and O–H groups in total. The molecule has 51 heavy (non-hydrogen) atoms. The van der Waals surface area contributed by atoms with Crippen molar-refractivity contribution in [2.75, 3.05) is 10.6 Å². The van der Waals surface area contributed by atoms with Gasteiger partial charge in [-0.05, 0) is 47.5 Å². The van der Waals surface area contributed by atoms with E-state index >= 15 is 0 Å². The SMILES string of the molecule is O=C(Nc1cccc(SC(C(=O)Nc2c(F)c(F)c(C(F)(F)F)c(F)c2F)c2ccccc2)c1)/C(=C/c1ccccc1)NC(=O)c1ccccc1. The van der Waals surface area contributed by atoms with Gasteiger partial charge < -0.3 is 16.0 Å². The van der Waals surface area contributed by atoms with Crippen molar-refractivity contribution in [1.29, 1.82) is 0 Å². The number of hydrogen-bond acceptors (Lipinski definition) is 4. The molecule has 0 saturated heterocycles. The molecule has 0 aliphatic heterocycles. The predicted molar refractivity (Wildman–Crippen MR) is 178 cm³/mol. The number of alkyl halides is 3. The summed E-state index contributed by atoms with van der Waals surface area (Å²) >= 11 is 0.797. The Labute approximate surface area is 290 Å². The summed E-state index contributed by atoms with van der Waals surface area (Å²) in [5.74, 6) is -12.8. The van der Waals surface area contributed by atoms with Gasteiger partial charge >= 0.3 is 6.18 Å². The molecule has 0 aliphatic carbocycles. The fourth-order valence-corrected chi connectivity index (χ4v) is 5.80. The Morgan fingerprint density at radius 1 is 0.667 bits per heavy atom. The van der Waals surface area contributed by atoms with Crippen LogP contribution < -0.4 is 16.0 Å². The lowest BCUT2D eigenvalue weighted by molar-refractivity contribution is -0.143. The molecule has 5 aromatic rings. The summed E-state index contributed by atoms with van der Waals surface area (Å²) in [6.07, 6.45) is -4.29. The first kappa shape index (κ1) is 36.4. The molecule has 0 fully saturated rings. The quantitative estimate of drug-likeness (QED) is 0.0581. The molecule has 0 aromatic heterocycles. The van der Waals surface area contributed by atoms with E-state index in [1.165, 1.54) is 54.6 Å². The van der Waals surface area contributed by atoms with Crippen molar-refractivity contribution < 1.29 is 45.1 Å². The second kappa shape index (κ2) is 15.8. The minimum Gasteiger partial charge on any atom is -0.321 e. The number of anilines is 2. The van der Waals surface area contributed by atoms with Crippen molar-refractivity contribution in [1.82, 2.24) is 5.32 Å². The Hall–Kier alpha value is -5.89. The smallest absolute Gasteiger partial charge is 0.321 e. The first-order valence-electron chi connectivity index (χ1n) is 14.8. The van der Waals surface area contributed by atoms with Crippen molar-refractivity contribution in [2.24, 2.45) is 0 Å². The fourth-order valence-electron chi connectivity index (χ4n) is 4.72. The topological polar surface area (TPSA) is 87.3 Å². The van der Waals surface area contributed by atoms with Crippen molar-refractivity contribution in [3.05, 3.63) is 166 Å². The highest BCUT2D eigenvalue weighted by Gasteiger charge is 2.43.